The van der Waals surface area contributed by atoms with Crippen LogP contribution < -0.4 is 10.1 Å². The Kier molecular flexibility index (Phi) is 6.23. The summed E-state index contributed by atoms with van der Waals surface area (Å²) in [6, 6.07) is 16.8. The van der Waals surface area contributed by atoms with E-state index in [-0.39, 0.29) is 0 Å². The van der Waals surface area contributed by atoms with Crippen LogP contribution in [0.15, 0.2) is 73.6 Å². The molecule has 0 aliphatic heterocycles. The van der Waals surface area contributed by atoms with E-state index in [1.807, 2.05) is 31.5 Å². The topological polar surface area (TPSA) is 39.1 Å². The van der Waals surface area contributed by atoms with Crippen molar-refractivity contribution in [1.82, 2.24) is 14.9 Å². The molecule has 1 N–H and O–H groups in total. The molecule has 0 aliphatic carbocycles. The van der Waals surface area contributed by atoms with Crippen molar-refractivity contribution in [3.05, 3.63) is 96.1 Å². The fourth-order valence-corrected chi connectivity index (χ4v) is 2.82. The van der Waals surface area contributed by atoms with Crippen LogP contribution in [0.25, 0.3) is 0 Å². The Labute approximate surface area is 155 Å². The molecule has 0 radical (unpaired) electrons. The Morgan fingerprint density at radius 1 is 1.08 bits per heavy atom. The maximum Gasteiger partial charge on any atom is 0.119 e. The van der Waals surface area contributed by atoms with E-state index < -0.39 is 0 Å². The Morgan fingerprint density at radius 3 is 2.58 bits per heavy atom. The van der Waals surface area contributed by atoms with Crippen LogP contribution in [0.4, 0.5) is 0 Å². The first kappa shape index (κ1) is 18.0. The van der Waals surface area contributed by atoms with Crippen LogP contribution in [0.3, 0.4) is 0 Å². The van der Waals surface area contributed by atoms with Gasteiger partial charge in [-0.25, -0.2) is 4.98 Å². The summed E-state index contributed by atoms with van der Waals surface area (Å²) >= 11 is 0. The fourth-order valence-electron chi connectivity index (χ4n) is 2.82. The molecule has 0 amide bonds. The molecule has 0 saturated carbocycles. The molecule has 0 bridgehead atoms. The normalized spacial score (nSPS) is 10.7. The average molecular weight is 347 g/mol. The highest BCUT2D eigenvalue weighted by atomic mass is 16.5. The van der Waals surface area contributed by atoms with Crippen LogP contribution in [0, 0.1) is 6.92 Å². The van der Waals surface area contributed by atoms with Gasteiger partial charge in [-0.15, -0.1) is 0 Å². The van der Waals surface area contributed by atoms with Crippen LogP contribution in [0.5, 0.6) is 5.75 Å². The fraction of sp³-hybridized carbons (Fsp3) is 0.227. The molecule has 4 nitrogen and oxygen atoms in total. The first-order chi connectivity index (χ1) is 12.7. The third kappa shape index (κ3) is 5.07. The molecule has 26 heavy (non-hydrogen) atoms. The van der Waals surface area contributed by atoms with Crippen molar-refractivity contribution >= 4 is 0 Å². The Hall–Kier alpha value is -2.85. The van der Waals surface area contributed by atoms with Gasteiger partial charge in [-0.05, 0) is 35.7 Å². The zero-order valence-corrected chi connectivity index (χ0v) is 15.2. The molecule has 4 heteroatoms. The van der Waals surface area contributed by atoms with Gasteiger partial charge in [-0.1, -0.05) is 49.1 Å². The molecular formula is C22H25N3O. The minimum Gasteiger partial charge on any atom is -0.490 e. The number of aromatic nitrogens is 2. The largest absolute Gasteiger partial charge is 0.490 e. The second-order valence-electron chi connectivity index (χ2n) is 6.27. The number of ether oxygens (including phenoxy) is 1. The predicted octanol–water partition coefficient (Wildman–Crippen LogP) is 4.09. The summed E-state index contributed by atoms with van der Waals surface area (Å²) in [6.45, 7) is 8.73. The molecule has 0 spiro atoms. The lowest BCUT2D eigenvalue weighted by molar-refractivity contribution is 0.363. The first-order valence-electron chi connectivity index (χ1n) is 8.83. The van der Waals surface area contributed by atoms with Gasteiger partial charge in [0.2, 0.25) is 0 Å². The zero-order chi connectivity index (χ0) is 18.2. The van der Waals surface area contributed by atoms with Crippen LogP contribution >= 0.6 is 0 Å². The van der Waals surface area contributed by atoms with Crippen LogP contribution in [-0.2, 0) is 19.6 Å². The minimum atomic E-state index is 0.534. The van der Waals surface area contributed by atoms with Crippen molar-refractivity contribution in [2.24, 2.45) is 0 Å². The molecule has 0 atom stereocenters. The van der Waals surface area contributed by atoms with Crippen molar-refractivity contribution in [1.29, 1.82) is 0 Å². The highest BCUT2D eigenvalue weighted by molar-refractivity contribution is 5.28. The second kappa shape index (κ2) is 9.02. The molecule has 1 heterocycles. The monoisotopic (exact) mass is 347 g/mol. The standard InChI is InChI=1S/C22H25N3O/c1-3-13-26-22-9-7-19(8-10-22)15-23-16-20-5-4-6-21(14-20)17-25-12-11-24-18(25)2/h3-12,14,23H,1,13,15-17H2,2H3. The van der Waals surface area contributed by atoms with Crippen LogP contribution in [-0.4, -0.2) is 16.2 Å². The molecule has 0 saturated heterocycles. The summed E-state index contributed by atoms with van der Waals surface area (Å²) in [5, 5.41) is 3.50. The molecule has 1 aromatic heterocycles. The van der Waals surface area contributed by atoms with Gasteiger partial charge in [0, 0.05) is 32.0 Å². The number of aryl methyl sites for hydroxylation is 1. The summed E-state index contributed by atoms with van der Waals surface area (Å²) in [5.74, 6) is 1.91. The van der Waals surface area contributed by atoms with Gasteiger partial charge >= 0.3 is 0 Å². The SMILES string of the molecule is C=CCOc1ccc(CNCc2cccc(Cn3ccnc3C)c2)cc1. The third-order valence-electron chi connectivity index (χ3n) is 4.22. The molecule has 3 rings (SSSR count). The van der Waals surface area contributed by atoms with Gasteiger partial charge < -0.3 is 14.6 Å². The van der Waals surface area contributed by atoms with Crippen molar-refractivity contribution in [2.75, 3.05) is 6.61 Å². The summed E-state index contributed by atoms with van der Waals surface area (Å²) in [4.78, 5) is 4.28. The van der Waals surface area contributed by atoms with E-state index in [2.05, 4.69) is 57.8 Å². The minimum absolute atomic E-state index is 0.534. The molecular weight excluding hydrogens is 322 g/mol. The van der Waals surface area contributed by atoms with E-state index in [0.717, 1.165) is 31.2 Å². The number of hydrogen-bond acceptors (Lipinski definition) is 3. The average Bonchev–Trinajstić information content (AvgIpc) is 3.06. The second-order valence-corrected chi connectivity index (χ2v) is 6.27. The van der Waals surface area contributed by atoms with Gasteiger partial charge in [-0.2, -0.15) is 0 Å². The van der Waals surface area contributed by atoms with Gasteiger partial charge in [0.15, 0.2) is 0 Å². The van der Waals surface area contributed by atoms with Crippen molar-refractivity contribution in [3.63, 3.8) is 0 Å². The number of imidazole rings is 1. The number of nitrogens with zero attached hydrogens (tertiary/aromatic N) is 2. The summed E-state index contributed by atoms with van der Waals surface area (Å²) in [5.41, 5.74) is 3.81. The quantitative estimate of drug-likeness (QED) is 0.593. The number of hydrogen-bond donors (Lipinski definition) is 1. The Balaban J connectivity index is 1.51. The van der Waals surface area contributed by atoms with Gasteiger partial charge in [0.05, 0.1) is 0 Å². The van der Waals surface area contributed by atoms with Gasteiger partial charge in [0.25, 0.3) is 0 Å². The van der Waals surface area contributed by atoms with Crippen LogP contribution in [0.2, 0.25) is 0 Å². The third-order valence-corrected chi connectivity index (χ3v) is 4.22. The van der Waals surface area contributed by atoms with Crippen molar-refractivity contribution < 1.29 is 4.74 Å². The number of nitrogens with one attached hydrogen (secondary N) is 1. The number of benzene rings is 2. The van der Waals surface area contributed by atoms with Crippen molar-refractivity contribution in [3.8, 4) is 5.75 Å². The first-order valence-corrected chi connectivity index (χ1v) is 8.83. The highest BCUT2D eigenvalue weighted by Crippen LogP contribution is 2.13. The summed E-state index contributed by atoms with van der Waals surface area (Å²) in [7, 11) is 0. The summed E-state index contributed by atoms with van der Waals surface area (Å²) in [6.07, 6.45) is 5.61. The molecule has 2 aromatic carbocycles. The maximum absolute atomic E-state index is 5.50. The molecule has 0 fully saturated rings. The van der Waals surface area contributed by atoms with Crippen molar-refractivity contribution in [2.45, 2.75) is 26.6 Å². The maximum atomic E-state index is 5.50. The molecule has 0 unspecified atom stereocenters. The van der Waals surface area contributed by atoms with E-state index in [4.69, 9.17) is 4.74 Å². The zero-order valence-electron chi connectivity index (χ0n) is 15.2. The number of rotatable bonds is 9. The Morgan fingerprint density at radius 2 is 1.85 bits per heavy atom. The van der Waals surface area contributed by atoms with E-state index in [9.17, 15) is 0 Å². The van der Waals surface area contributed by atoms with Crippen LogP contribution in [0.1, 0.15) is 22.5 Å². The Bertz CT molecular complexity index is 837. The van der Waals surface area contributed by atoms with Gasteiger partial charge in [0.1, 0.15) is 18.2 Å². The summed E-state index contributed by atoms with van der Waals surface area (Å²) < 4.78 is 7.66. The lowest BCUT2D eigenvalue weighted by Crippen LogP contribution is -2.13. The molecule has 3 aromatic rings. The smallest absolute Gasteiger partial charge is 0.119 e. The van der Waals surface area contributed by atoms with E-state index >= 15 is 0 Å². The predicted molar refractivity (Wildman–Crippen MR) is 105 cm³/mol. The van der Waals surface area contributed by atoms with Gasteiger partial charge in [-0.3, -0.25) is 0 Å². The highest BCUT2D eigenvalue weighted by Gasteiger charge is 2.01. The van der Waals surface area contributed by atoms with E-state index in [1.54, 1.807) is 6.08 Å². The lowest BCUT2D eigenvalue weighted by Gasteiger charge is -2.09. The molecule has 134 valence electrons. The molecule has 0 aliphatic rings. The van der Waals surface area contributed by atoms with E-state index in [1.165, 1.54) is 16.7 Å². The lowest BCUT2D eigenvalue weighted by atomic mass is 10.1. The van der Waals surface area contributed by atoms with E-state index in [0.29, 0.717) is 6.61 Å².